The molecule has 0 saturated heterocycles. The first-order valence-electron chi connectivity index (χ1n) is 6.88. The van der Waals surface area contributed by atoms with Gasteiger partial charge in [-0.05, 0) is 42.3 Å². The molecule has 0 unspecified atom stereocenters. The van der Waals surface area contributed by atoms with E-state index < -0.39 is 11.8 Å². The Bertz CT molecular complexity index is 708. The van der Waals surface area contributed by atoms with Crippen LogP contribution in [0.25, 0.3) is 0 Å². The zero-order valence-electron chi connectivity index (χ0n) is 11.6. The second-order valence-electron chi connectivity index (χ2n) is 4.95. The number of nitrogens with one attached hydrogen (secondary N) is 2. The fourth-order valence-corrected chi connectivity index (χ4v) is 3.50. The molecule has 0 aliphatic carbocycles. The lowest BCUT2D eigenvalue weighted by atomic mass is 10.0. The predicted octanol–water partition coefficient (Wildman–Crippen LogP) is 4.32. The molecule has 22 heavy (non-hydrogen) atoms. The Morgan fingerprint density at radius 1 is 1.18 bits per heavy atom. The molecule has 3 rings (SSSR count). The zero-order valence-corrected chi connectivity index (χ0v) is 12.4. The molecule has 0 radical (unpaired) electrons. The fourth-order valence-electron chi connectivity index (χ4n) is 2.39. The molecule has 0 spiro atoms. The van der Waals surface area contributed by atoms with E-state index in [2.05, 4.69) is 10.6 Å². The van der Waals surface area contributed by atoms with Gasteiger partial charge in [-0.25, -0.2) is 13.6 Å². The molecule has 0 fully saturated rings. The normalized spacial score (nSPS) is 16.7. The minimum Gasteiger partial charge on any atom is -0.331 e. The van der Waals surface area contributed by atoms with Crippen molar-refractivity contribution in [3.8, 4) is 0 Å². The van der Waals surface area contributed by atoms with E-state index in [9.17, 15) is 13.6 Å². The van der Waals surface area contributed by atoms with Gasteiger partial charge in [0.05, 0.1) is 11.7 Å². The van der Waals surface area contributed by atoms with Crippen LogP contribution in [0.3, 0.4) is 0 Å². The van der Waals surface area contributed by atoms with Gasteiger partial charge in [0.15, 0.2) is 0 Å². The molecule has 0 bridgehead atoms. The van der Waals surface area contributed by atoms with E-state index in [4.69, 9.17) is 0 Å². The largest absolute Gasteiger partial charge is 0.331 e. The first-order valence-corrected chi connectivity index (χ1v) is 7.86. The predicted molar refractivity (Wildman–Crippen MR) is 83.0 cm³/mol. The minimum absolute atomic E-state index is 0.115. The Morgan fingerprint density at radius 2 is 2.00 bits per heavy atom. The summed E-state index contributed by atoms with van der Waals surface area (Å²) in [6.07, 6.45) is 0.700. The van der Waals surface area contributed by atoms with Crippen molar-refractivity contribution < 1.29 is 13.6 Å². The van der Waals surface area contributed by atoms with E-state index in [-0.39, 0.29) is 17.5 Å². The van der Waals surface area contributed by atoms with E-state index in [0.717, 1.165) is 16.2 Å². The van der Waals surface area contributed by atoms with Gasteiger partial charge in [-0.2, -0.15) is 0 Å². The molecule has 1 aliphatic rings. The van der Waals surface area contributed by atoms with Crippen molar-refractivity contribution in [2.24, 2.45) is 0 Å². The lowest BCUT2D eigenvalue weighted by molar-refractivity contribution is 0.248. The van der Waals surface area contributed by atoms with Crippen LogP contribution in [-0.4, -0.2) is 11.8 Å². The standard InChI is InChI=1S/C16H14F2N2OS/c17-10-5-6-15-11(9-10)13(7-8-22-15)19-16(21)20-14-4-2-1-3-12(14)18/h1-6,9,13H,7-8H2,(H2,19,20,21)/t13-/m0/s1. The number of hydrogen-bond donors (Lipinski definition) is 2. The molecule has 2 aromatic carbocycles. The van der Waals surface area contributed by atoms with Crippen LogP contribution in [0.5, 0.6) is 0 Å². The summed E-state index contributed by atoms with van der Waals surface area (Å²) < 4.78 is 26.9. The topological polar surface area (TPSA) is 41.1 Å². The Morgan fingerprint density at radius 3 is 2.82 bits per heavy atom. The highest BCUT2D eigenvalue weighted by Crippen LogP contribution is 2.36. The first-order chi connectivity index (χ1) is 10.6. The molecule has 114 valence electrons. The summed E-state index contributed by atoms with van der Waals surface area (Å²) in [5, 5.41) is 5.26. The molecule has 0 saturated carbocycles. The Kier molecular flexibility index (Phi) is 4.29. The molecule has 2 aromatic rings. The van der Waals surface area contributed by atoms with Crippen LogP contribution in [0.1, 0.15) is 18.0 Å². The highest BCUT2D eigenvalue weighted by molar-refractivity contribution is 7.99. The third-order valence-corrected chi connectivity index (χ3v) is 4.56. The van der Waals surface area contributed by atoms with Gasteiger partial charge in [-0.3, -0.25) is 0 Å². The summed E-state index contributed by atoms with van der Waals surface area (Å²) >= 11 is 1.64. The maximum atomic E-state index is 13.5. The molecule has 1 atom stereocenters. The van der Waals surface area contributed by atoms with Gasteiger partial charge < -0.3 is 10.6 Å². The third-order valence-electron chi connectivity index (χ3n) is 3.44. The monoisotopic (exact) mass is 320 g/mol. The van der Waals surface area contributed by atoms with Crippen molar-refractivity contribution in [3.05, 3.63) is 59.7 Å². The molecule has 1 heterocycles. The molecule has 3 nitrogen and oxygen atoms in total. The second kappa shape index (κ2) is 6.36. The van der Waals surface area contributed by atoms with Crippen LogP contribution in [0.4, 0.5) is 19.3 Å². The van der Waals surface area contributed by atoms with Crippen molar-refractivity contribution in [1.29, 1.82) is 0 Å². The summed E-state index contributed by atoms with van der Waals surface area (Å²) in [6.45, 7) is 0. The lowest BCUT2D eigenvalue weighted by Gasteiger charge is -2.26. The lowest BCUT2D eigenvalue weighted by Crippen LogP contribution is -2.34. The Labute approximate surface area is 131 Å². The summed E-state index contributed by atoms with van der Waals surface area (Å²) in [5.74, 6) is 0.00867. The minimum atomic E-state index is -0.503. The summed E-state index contributed by atoms with van der Waals surface area (Å²) in [4.78, 5) is 13.0. The average molecular weight is 320 g/mol. The quantitative estimate of drug-likeness (QED) is 0.865. The smallest absolute Gasteiger partial charge is 0.319 e. The van der Waals surface area contributed by atoms with Crippen LogP contribution in [0.2, 0.25) is 0 Å². The molecule has 2 N–H and O–H groups in total. The number of fused-ring (bicyclic) bond motifs is 1. The van der Waals surface area contributed by atoms with Crippen LogP contribution in [0, 0.1) is 11.6 Å². The number of benzene rings is 2. The first kappa shape index (κ1) is 14.8. The number of halogens is 2. The number of thioether (sulfide) groups is 1. The Hall–Kier alpha value is -2.08. The van der Waals surface area contributed by atoms with Crippen molar-refractivity contribution in [3.63, 3.8) is 0 Å². The van der Waals surface area contributed by atoms with Crippen molar-refractivity contribution >= 4 is 23.5 Å². The van der Waals surface area contributed by atoms with E-state index in [1.807, 2.05) is 0 Å². The van der Waals surface area contributed by atoms with Gasteiger partial charge in [0, 0.05) is 10.6 Å². The Balaban J connectivity index is 1.73. The van der Waals surface area contributed by atoms with Crippen LogP contribution in [0.15, 0.2) is 47.4 Å². The van der Waals surface area contributed by atoms with Crippen molar-refractivity contribution in [1.82, 2.24) is 5.32 Å². The van der Waals surface area contributed by atoms with Gasteiger partial charge in [0.1, 0.15) is 11.6 Å². The highest BCUT2D eigenvalue weighted by atomic mass is 32.2. The summed E-state index contributed by atoms with van der Waals surface area (Å²) in [6, 6.07) is 9.74. The number of amides is 2. The second-order valence-corrected chi connectivity index (χ2v) is 6.09. The third kappa shape index (κ3) is 3.22. The number of hydrogen-bond acceptors (Lipinski definition) is 2. The average Bonchev–Trinajstić information content (AvgIpc) is 2.50. The highest BCUT2D eigenvalue weighted by Gasteiger charge is 2.23. The summed E-state index contributed by atoms with van der Waals surface area (Å²) in [7, 11) is 0. The van der Waals surface area contributed by atoms with Crippen LogP contribution in [-0.2, 0) is 0 Å². The fraction of sp³-hybridized carbons (Fsp3) is 0.188. The molecular weight excluding hydrogens is 306 g/mol. The van der Waals surface area contributed by atoms with Gasteiger partial charge in [0.25, 0.3) is 0 Å². The number of carbonyl (C=O) groups is 1. The molecule has 1 aliphatic heterocycles. The number of rotatable bonds is 2. The molecular formula is C16H14F2N2OS. The SMILES string of the molecule is O=C(Nc1ccccc1F)N[C@H]1CCSc2ccc(F)cc21. The summed E-state index contributed by atoms with van der Waals surface area (Å²) in [5.41, 5.74) is 0.879. The zero-order chi connectivity index (χ0) is 15.5. The van der Waals surface area contributed by atoms with E-state index >= 15 is 0 Å². The number of urea groups is 1. The van der Waals surface area contributed by atoms with Gasteiger partial charge in [0.2, 0.25) is 0 Å². The van der Waals surface area contributed by atoms with Crippen LogP contribution < -0.4 is 10.6 Å². The maximum absolute atomic E-state index is 13.5. The number of para-hydroxylation sites is 1. The van der Waals surface area contributed by atoms with E-state index in [1.54, 1.807) is 30.0 Å². The van der Waals surface area contributed by atoms with Gasteiger partial charge in [-0.1, -0.05) is 12.1 Å². The van der Waals surface area contributed by atoms with Gasteiger partial charge >= 0.3 is 6.03 Å². The molecule has 2 amide bonds. The number of carbonyl (C=O) groups excluding carboxylic acids is 1. The molecule has 0 aromatic heterocycles. The maximum Gasteiger partial charge on any atom is 0.319 e. The van der Waals surface area contributed by atoms with Crippen molar-refractivity contribution in [2.45, 2.75) is 17.4 Å². The van der Waals surface area contributed by atoms with E-state index in [1.165, 1.54) is 24.3 Å². The van der Waals surface area contributed by atoms with E-state index in [0.29, 0.717) is 6.42 Å². The van der Waals surface area contributed by atoms with Gasteiger partial charge in [-0.15, -0.1) is 11.8 Å². The van der Waals surface area contributed by atoms with Crippen molar-refractivity contribution in [2.75, 3.05) is 11.1 Å². The van der Waals surface area contributed by atoms with Crippen LogP contribution >= 0.6 is 11.8 Å². The molecule has 6 heteroatoms. The number of anilines is 1.